The first-order valence-corrected chi connectivity index (χ1v) is 6.77. The minimum Gasteiger partial charge on any atom is -0.492 e. The standard InChI is InChI=1S/C15H16BrNO/c16-14-11-13(17)8-9-15(14)18-10-4-7-12-5-2-1-3-6-12/h1-3,5-6,8-9,11H,4,7,10,17H2. The predicted molar refractivity (Wildman–Crippen MR) is 78.8 cm³/mol. The Morgan fingerprint density at radius 1 is 1.06 bits per heavy atom. The Kier molecular flexibility index (Phi) is 4.65. The molecule has 2 N–H and O–H groups in total. The number of hydrogen-bond acceptors (Lipinski definition) is 2. The van der Waals surface area contributed by atoms with Crippen LogP contribution in [-0.4, -0.2) is 6.61 Å². The number of hydrogen-bond donors (Lipinski definition) is 1. The van der Waals surface area contributed by atoms with E-state index in [1.165, 1.54) is 5.56 Å². The van der Waals surface area contributed by atoms with Crippen molar-refractivity contribution in [1.29, 1.82) is 0 Å². The molecule has 0 aliphatic rings. The molecule has 0 atom stereocenters. The average molecular weight is 306 g/mol. The van der Waals surface area contributed by atoms with Crippen LogP contribution in [0.2, 0.25) is 0 Å². The average Bonchev–Trinajstić information content (AvgIpc) is 2.38. The lowest BCUT2D eigenvalue weighted by Gasteiger charge is -2.08. The van der Waals surface area contributed by atoms with Gasteiger partial charge in [0.15, 0.2) is 0 Å². The Morgan fingerprint density at radius 3 is 2.56 bits per heavy atom. The molecule has 0 unspecified atom stereocenters. The molecule has 94 valence electrons. The third-order valence-electron chi connectivity index (χ3n) is 2.67. The Labute approximate surface area is 116 Å². The largest absolute Gasteiger partial charge is 0.492 e. The second kappa shape index (κ2) is 6.45. The maximum atomic E-state index is 5.71. The first-order valence-electron chi connectivity index (χ1n) is 5.97. The number of halogens is 1. The minimum atomic E-state index is 0.706. The minimum absolute atomic E-state index is 0.706. The summed E-state index contributed by atoms with van der Waals surface area (Å²) in [7, 11) is 0. The van der Waals surface area contributed by atoms with Gasteiger partial charge in [-0.15, -0.1) is 0 Å². The molecule has 0 spiro atoms. The van der Waals surface area contributed by atoms with E-state index in [0.29, 0.717) is 6.61 Å². The van der Waals surface area contributed by atoms with Crippen LogP contribution >= 0.6 is 15.9 Å². The normalized spacial score (nSPS) is 10.3. The molecule has 2 rings (SSSR count). The number of rotatable bonds is 5. The molecule has 2 aromatic carbocycles. The van der Waals surface area contributed by atoms with Crippen LogP contribution in [0.25, 0.3) is 0 Å². The van der Waals surface area contributed by atoms with E-state index in [4.69, 9.17) is 10.5 Å². The Balaban J connectivity index is 1.79. The lowest BCUT2D eigenvalue weighted by molar-refractivity contribution is 0.309. The first-order chi connectivity index (χ1) is 8.75. The van der Waals surface area contributed by atoms with Gasteiger partial charge in [-0.05, 0) is 52.5 Å². The van der Waals surface area contributed by atoms with Crippen LogP contribution in [0, 0.1) is 0 Å². The summed E-state index contributed by atoms with van der Waals surface area (Å²) in [5.41, 5.74) is 7.75. The second-order valence-corrected chi connectivity index (χ2v) is 4.98. The third-order valence-corrected chi connectivity index (χ3v) is 3.29. The molecule has 0 heterocycles. The van der Waals surface area contributed by atoms with E-state index < -0.39 is 0 Å². The highest BCUT2D eigenvalue weighted by Gasteiger charge is 2.01. The van der Waals surface area contributed by atoms with Gasteiger partial charge >= 0.3 is 0 Å². The van der Waals surface area contributed by atoms with E-state index in [1.807, 2.05) is 24.3 Å². The second-order valence-electron chi connectivity index (χ2n) is 4.13. The van der Waals surface area contributed by atoms with Gasteiger partial charge in [0.1, 0.15) is 5.75 Å². The quantitative estimate of drug-likeness (QED) is 0.668. The fraction of sp³-hybridized carbons (Fsp3) is 0.200. The van der Waals surface area contributed by atoms with Crippen LogP contribution < -0.4 is 10.5 Å². The molecule has 0 saturated heterocycles. The van der Waals surface area contributed by atoms with E-state index >= 15 is 0 Å². The van der Waals surface area contributed by atoms with Gasteiger partial charge < -0.3 is 10.5 Å². The van der Waals surface area contributed by atoms with Gasteiger partial charge in [-0.1, -0.05) is 30.3 Å². The molecule has 0 radical (unpaired) electrons. The van der Waals surface area contributed by atoms with Gasteiger partial charge in [-0.25, -0.2) is 0 Å². The molecule has 18 heavy (non-hydrogen) atoms. The van der Waals surface area contributed by atoms with E-state index in [1.54, 1.807) is 0 Å². The van der Waals surface area contributed by atoms with Gasteiger partial charge in [0.2, 0.25) is 0 Å². The number of benzene rings is 2. The molecule has 0 aliphatic heterocycles. The molecule has 0 bridgehead atoms. The van der Waals surface area contributed by atoms with E-state index in [-0.39, 0.29) is 0 Å². The maximum Gasteiger partial charge on any atom is 0.133 e. The van der Waals surface area contributed by atoms with Crippen molar-refractivity contribution in [3.05, 3.63) is 58.6 Å². The highest BCUT2D eigenvalue weighted by molar-refractivity contribution is 9.10. The predicted octanol–water partition coefficient (Wildman–Crippen LogP) is 4.04. The van der Waals surface area contributed by atoms with Gasteiger partial charge in [0, 0.05) is 5.69 Å². The van der Waals surface area contributed by atoms with Crippen molar-refractivity contribution in [3.8, 4) is 5.75 Å². The summed E-state index contributed by atoms with van der Waals surface area (Å²) in [5.74, 6) is 0.845. The highest BCUT2D eigenvalue weighted by atomic mass is 79.9. The van der Waals surface area contributed by atoms with E-state index in [9.17, 15) is 0 Å². The summed E-state index contributed by atoms with van der Waals surface area (Å²) >= 11 is 3.44. The number of nitrogens with two attached hydrogens (primary N) is 1. The number of ether oxygens (including phenoxy) is 1. The molecule has 0 amide bonds. The Hall–Kier alpha value is -1.48. The number of nitrogen functional groups attached to an aromatic ring is 1. The Bertz CT molecular complexity index is 499. The molecule has 0 aromatic heterocycles. The number of aryl methyl sites for hydroxylation is 1. The van der Waals surface area contributed by atoms with Crippen molar-refractivity contribution in [3.63, 3.8) is 0 Å². The van der Waals surface area contributed by atoms with Gasteiger partial charge in [-0.2, -0.15) is 0 Å². The lowest BCUT2D eigenvalue weighted by atomic mass is 10.1. The zero-order valence-electron chi connectivity index (χ0n) is 10.1. The molecule has 2 nitrogen and oxygen atoms in total. The molecule has 2 aromatic rings. The SMILES string of the molecule is Nc1ccc(OCCCc2ccccc2)c(Br)c1. The monoisotopic (exact) mass is 305 g/mol. The molecule has 0 saturated carbocycles. The summed E-state index contributed by atoms with van der Waals surface area (Å²) in [4.78, 5) is 0. The summed E-state index contributed by atoms with van der Waals surface area (Å²) < 4.78 is 6.62. The zero-order valence-corrected chi connectivity index (χ0v) is 11.7. The Morgan fingerprint density at radius 2 is 1.83 bits per heavy atom. The van der Waals surface area contributed by atoms with Gasteiger partial charge in [0.05, 0.1) is 11.1 Å². The number of anilines is 1. The van der Waals surface area contributed by atoms with Crippen molar-refractivity contribution < 1.29 is 4.74 Å². The topological polar surface area (TPSA) is 35.2 Å². The summed E-state index contributed by atoms with van der Waals surface area (Å²) in [6.45, 7) is 0.706. The van der Waals surface area contributed by atoms with Crippen molar-refractivity contribution in [2.24, 2.45) is 0 Å². The fourth-order valence-corrected chi connectivity index (χ4v) is 2.25. The summed E-state index contributed by atoms with van der Waals surface area (Å²) in [6.07, 6.45) is 2.04. The van der Waals surface area contributed by atoms with Crippen LogP contribution in [0.5, 0.6) is 5.75 Å². The summed E-state index contributed by atoms with van der Waals surface area (Å²) in [6, 6.07) is 16.0. The maximum absolute atomic E-state index is 5.71. The van der Waals surface area contributed by atoms with Crippen molar-refractivity contribution in [2.45, 2.75) is 12.8 Å². The molecule has 0 aliphatic carbocycles. The van der Waals surface area contributed by atoms with E-state index in [0.717, 1.165) is 28.8 Å². The van der Waals surface area contributed by atoms with Crippen molar-refractivity contribution in [2.75, 3.05) is 12.3 Å². The van der Waals surface area contributed by atoms with Crippen LogP contribution in [0.4, 0.5) is 5.69 Å². The van der Waals surface area contributed by atoms with Crippen LogP contribution in [-0.2, 0) is 6.42 Å². The highest BCUT2D eigenvalue weighted by Crippen LogP contribution is 2.26. The lowest BCUT2D eigenvalue weighted by Crippen LogP contribution is -2.00. The molecule has 0 fully saturated rings. The molecule has 3 heteroatoms. The first kappa shape index (κ1) is 13.0. The van der Waals surface area contributed by atoms with Crippen LogP contribution in [0.15, 0.2) is 53.0 Å². The smallest absolute Gasteiger partial charge is 0.133 e. The molecular weight excluding hydrogens is 290 g/mol. The zero-order chi connectivity index (χ0) is 12.8. The van der Waals surface area contributed by atoms with Crippen LogP contribution in [0.3, 0.4) is 0 Å². The van der Waals surface area contributed by atoms with Crippen molar-refractivity contribution >= 4 is 21.6 Å². The fourth-order valence-electron chi connectivity index (χ4n) is 1.74. The molecular formula is C15H16BrNO. The van der Waals surface area contributed by atoms with Gasteiger partial charge in [-0.3, -0.25) is 0 Å². The van der Waals surface area contributed by atoms with E-state index in [2.05, 4.69) is 40.2 Å². The third kappa shape index (κ3) is 3.77. The van der Waals surface area contributed by atoms with Crippen LogP contribution in [0.1, 0.15) is 12.0 Å². The van der Waals surface area contributed by atoms with Gasteiger partial charge in [0.25, 0.3) is 0 Å². The van der Waals surface area contributed by atoms with Crippen molar-refractivity contribution in [1.82, 2.24) is 0 Å². The summed E-state index contributed by atoms with van der Waals surface area (Å²) in [5, 5.41) is 0.